The maximum absolute atomic E-state index is 11.9. The normalized spacial score (nSPS) is 8.82. The lowest BCUT2D eigenvalue weighted by atomic mass is 10.4. The van der Waals surface area contributed by atoms with E-state index in [1.54, 1.807) is 25.1 Å². The lowest BCUT2D eigenvalue weighted by molar-refractivity contribution is 0.628. The second kappa shape index (κ2) is 6.44. The van der Waals surface area contributed by atoms with Gasteiger partial charge in [-0.2, -0.15) is 0 Å². The molecule has 1 aromatic rings. The molecule has 0 saturated carbocycles. The summed E-state index contributed by atoms with van der Waals surface area (Å²) in [5, 5.41) is 0. The van der Waals surface area contributed by atoms with E-state index in [4.69, 9.17) is 23.2 Å². The van der Waals surface area contributed by atoms with Gasteiger partial charge in [-0.05, 0) is 19.1 Å². The highest BCUT2D eigenvalue weighted by atomic mass is 35.5. The van der Waals surface area contributed by atoms with Crippen LogP contribution in [0.15, 0.2) is 30.3 Å². The molecule has 0 aliphatic carbocycles. The zero-order chi connectivity index (χ0) is 8.69. The van der Waals surface area contributed by atoms with Crippen molar-refractivity contribution in [3.63, 3.8) is 0 Å². The van der Waals surface area contributed by atoms with Crippen molar-refractivity contribution in [1.82, 2.24) is 0 Å². The van der Waals surface area contributed by atoms with Gasteiger partial charge in [-0.25, -0.2) is 4.39 Å². The Morgan fingerprint density at radius 1 is 1.18 bits per heavy atom. The third-order valence-electron chi connectivity index (χ3n) is 0.733. The second-order valence-electron chi connectivity index (χ2n) is 1.81. The van der Waals surface area contributed by atoms with Gasteiger partial charge in [-0.15, -0.1) is 23.2 Å². The summed E-state index contributed by atoms with van der Waals surface area (Å²) in [6, 6.07) is 7.94. The van der Waals surface area contributed by atoms with Gasteiger partial charge in [-0.3, -0.25) is 0 Å². The van der Waals surface area contributed by atoms with E-state index in [0.29, 0.717) is 0 Å². The van der Waals surface area contributed by atoms with Gasteiger partial charge >= 0.3 is 0 Å². The summed E-state index contributed by atoms with van der Waals surface area (Å²) in [6.45, 7) is 1.70. The van der Waals surface area contributed by atoms with Crippen LogP contribution in [0.5, 0.6) is 0 Å². The summed E-state index contributed by atoms with van der Waals surface area (Å²) in [5.74, 6) is -0.178. The number of alkyl halides is 2. The molecule has 3 heteroatoms. The number of halogens is 3. The molecule has 0 heterocycles. The van der Waals surface area contributed by atoms with E-state index in [9.17, 15) is 4.39 Å². The molecule has 1 aromatic carbocycles. The first-order chi connectivity index (χ1) is 5.13. The molecule has 1 rings (SSSR count). The Hall–Kier alpha value is -0.270. The van der Waals surface area contributed by atoms with Gasteiger partial charge in [0.1, 0.15) is 10.7 Å². The van der Waals surface area contributed by atoms with Gasteiger partial charge in [0.15, 0.2) is 0 Å². The Bertz CT molecular complexity index is 172. The first kappa shape index (κ1) is 10.7. The minimum atomic E-state index is -0.222. The summed E-state index contributed by atoms with van der Waals surface area (Å²) < 4.78 is 11.9. The van der Waals surface area contributed by atoms with Crippen LogP contribution in [0.4, 0.5) is 4.39 Å². The quantitative estimate of drug-likeness (QED) is 0.554. The number of benzene rings is 1. The van der Waals surface area contributed by atoms with E-state index < -0.39 is 0 Å². The minimum Gasteiger partial charge on any atom is -0.207 e. The third kappa shape index (κ3) is 9.73. The molecule has 0 atom stereocenters. The second-order valence-corrected chi connectivity index (χ2v) is 3.35. The Morgan fingerprint density at radius 3 is 1.73 bits per heavy atom. The van der Waals surface area contributed by atoms with E-state index in [2.05, 4.69) is 0 Å². The number of rotatable bonds is 0. The fourth-order valence-corrected chi connectivity index (χ4v) is 0.415. The predicted octanol–water partition coefficient (Wildman–Crippen LogP) is 3.64. The Balaban J connectivity index is 0.000000218. The van der Waals surface area contributed by atoms with Crippen LogP contribution < -0.4 is 0 Å². The molecule has 0 N–H and O–H groups in total. The molecule has 62 valence electrons. The van der Waals surface area contributed by atoms with Crippen molar-refractivity contribution in [2.75, 3.05) is 0 Å². The van der Waals surface area contributed by atoms with E-state index in [0.717, 1.165) is 0 Å². The number of hydrogen-bond donors (Lipinski definition) is 0. The van der Waals surface area contributed by atoms with Crippen LogP contribution in [0.2, 0.25) is 0 Å². The molecule has 0 unspecified atom stereocenters. The van der Waals surface area contributed by atoms with E-state index >= 15 is 0 Å². The maximum Gasteiger partial charge on any atom is 0.123 e. The first-order valence-corrected chi connectivity index (χ1v) is 3.99. The molecule has 0 radical (unpaired) electrons. The molecule has 0 fully saturated rings. The zero-order valence-electron chi connectivity index (χ0n) is 6.10. The van der Waals surface area contributed by atoms with Crippen LogP contribution in [0.3, 0.4) is 0 Å². The van der Waals surface area contributed by atoms with Gasteiger partial charge in [-0.1, -0.05) is 18.2 Å². The summed E-state index contributed by atoms with van der Waals surface area (Å²) in [5.41, 5.74) is 0. The van der Waals surface area contributed by atoms with Crippen molar-refractivity contribution >= 4 is 23.2 Å². The van der Waals surface area contributed by atoms with Crippen molar-refractivity contribution in [2.24, 2.45) is 0 Å². The van der Waals surface area contributed by atoms with Gasteiger partial charge < -0.3 is 0 Å². The van der Waals surface area contributed by atoms with E-state index in [1.165, 1.54) is 12.1 Å². The van der Waals surface area contributed by atoms with Crippen molar-refractivity contribution < 1.29 is 4.39 Å². The molecule has 0 bridgehead atoms. The average Bonchev–Trinajstić information content (AvgIpc) is 1.87. The van der Waals surface area contributed by atoms with Crippen molar-refractivity contribution in [3.8, 4) is 0 Å². The van der Waals surface area contributed by atoms with E-state index in [-0.39, 0.29) is 10.7 Å². The molecule has 0 aliphatic heterocycles. The monoisotopic (exact) mass is 194 g/mol. The van der Waals surface area contributed by atoms with Crippen LogP contribution in [0, 0.1) is 5.82 Å². The van der Waals surface area contributed by atoms with Gasteiger partial charge in [0.2, 0.25) is 0 Å². The third-order valence-corrected chi connectivity index (χ3v) is 0.733. The molecule has 0 aliphatic rings. The highest BCUT2D eigenvalue weighted by Crippen LogP contribution is 1.95. The largest absolute Gasteiger partial charge is 0.207 e. The van der Waals surface area contributed by atoms with Crippen molar-refractivity contribution in [3.05, 3.63) is 36.1 Å². The highest BCUT2D eigenvalue weighted by molar-refractivity contribution is 6.43. The van der Waals surface area contributed by atoms with Crippen LogP contribution in [-0.2, 0) is 0 Å². The molecule has 0 aromatic heterocycles. The summed E-state index contributed by atoms with van der Waals surface area (Å²) in [4.78, 5) is -0.222. The highest BCUT2D eigenvalue weighted by Gasteiger charge is 1.77. The molecule has 0 spiro atoms. The summed E-state index contributed by atoms with van der Waals surface area (Å²) >= 11 is 10.1. The zero-order valence-corrected chi connectivity index (χ0v) is 7.61. The van der Waals surface area contributed by atoms with Gasteiger partial charge in [0.25, 0.3) is 0 Å². The molecular weight excluding hydrogens is 186 g/mol. The fraction of sp³-hybridized carbons (Fsp3) is 0.250. The lowest BCUT2D eigenvalue weighted by Crippen LogP contribution is -1.63. The molecule has 0 nitrogen and oxygen atoms in total. The Morgan fingerprint density at radius 2 is 1.55 bits per heavy atom. The Labute approximate surface area is 75.9 Å². The smallest absolute Gasteiger partial charge is 0.123 e. The molecule has 0 saturated heterocycles. The van der Waals surface area contributed by atoms with Crippen molar-refractivity contribution in [2.45, 2.75) is 11.8 Å². The van der Waals surface area contributed by atoms with Crippen LogP contribution in [-0.4, -0.2) is 4.84 Å². The van der Waals surface area contributed by atoms with Gasteiger partial charge in [0, 0.05) is 0 Å². The lowest BCUT2D eigenvalue weighted by Gasteiger charge is -1.78. The Kier molecular flexibility index (Phi) is 6.28. The fourth-order valence-electron chi connectivity index (χ4n) is 0.415. The predicted molar refractivity (Wildman–Crippen MR) is 47.6 cm³/mol. The van der Waals surface area contributed by atoms with Crippen molar-refractivity contribution in [1.29, 1.82) is 0 Å². The van der Waals surface area contributed by atoms with Gasteiger partial charge in [0.05, 0.1) is 0 Å². The number of hydrogen-bond acceptors (Lipinski definition) is 0. The molecular formula is C8H9Cl2F. The SMILES string of the molecule is CC(Cl)Cl.Fc1ccccc1. The van der Waals surface area contributed by atoms with Crippen LogP contribution in [0.25, 0.3) is 0 Å². The summed E-state index contributed by atoms with van der Waals surface area (Å²) in [6.07, 6.45) is 0. The van der Waals surface area contributed by atoms with Crippen LogP contribution >= 0.6 is 23.2 Å². The molecule has 0 amide bonds. The topological polar surface area (TPSA) is 0 Å². The molecule has 11 heavy (non-hydrogen) atoms. The average molecular weight is 195 g/mol. The van der Waals surface area contributed by atoms with E-state index in [1.807, 2.05) is 0 Å². The standard InChI is InChI=1S/C6H5F.C2H4Cl2/c7-6-4-2-1-3-5-6;1-2(3)4/h1-5H;2H,1H3. The van der Waals surface area contributed by atoms with Crippen LogP contribution in [0.1, 0.15) is 6.92 Å². The maximum atomic E-state index is 11.9. The summed E-state index contributed by atoms with van der Waals surface area (Å²) in [7, 11) is 0. The minimum absolute atomic E-state index is 0.178. The first-order valence-electron chi connectivity index (χ1n) is 3.11.